The molecule has 0 atom stereocenters. The highest BCUT2D eigenvalue weighted by Gasteiger charge is 2.40. The van der Waals surface area contributed by atoms with Gasteiger partial charge in [-0.05, 0) is 33.6 Å². The monoisotopic (exact) mass is 195 g/mol. The number of rotatable bonds is 1. The lowest BCUT2D eigenvalue weighted by atomic mass is 9.96. The highest BCUT2D eigenvalue weighted by molar-refractivity contribution is 5.76. The molecule has 0 spiro atoms. The molecule has 0 radical (unpaired) electrons. The SMILES string of the molecule is CC(C)(C)C(=O)OC1(C#N)CCCC1. The van der Waals surface area contributed by atoms with E-state index in [1.165, 1.54) is 0 Å². The van der Waals surface area contributed by atoms with E-state index in [1.807, 2.05) is 0 Å². The minimum Gasteiger partial charge on any atom is -0.443 e. The smallest absolute Gasteiger partial charge is 0.312 e. The Labute approximate surface area is 85.1 Å². The van der Waals surface area contributed by atoms with Crippen LogP contribution in [0.3, 0.4) is 0 Å². The van der Waals surface area contributed by atoms with Gasteiger partial charge in [-0.1, -0.05) is 0 Å². The summed E-state index contributed by atoms with van der Waals surface area (Å²) in [6.45, 7) is 5.40. The van der Waals surface area contributed by atoms with E-state index >= 15 is 0 Å². The van der Waals surface area contributed by atoms with Gasteiger partial charge in [0.25, 0.3) is 0 Å². The van der Waals surface area contributed by atoms with Crippen molar-refractivity contribution in [3.8, 4) is 6.07 Å². The Morgan fingerprint density at radius 3 is 2.21 bits per heavy atom. The maximum absolute atomic E-state index is 11.6. The molecule has 0 amide bonds. The highest BCUT2D eigenvalue weighted by atomic mass is 16.6. The average molecular weight is 195 g/mol. The third-order valence-electron chi connectivity index (χ3n) is 2.52. The first-order valence-corrected chi connectivity index (χ1v) is 5.04. The number of carbonyl (C=O) groups is 1. The molecule has 0 N–H and O–H groups in total. The molecular weight excluding hydrogens is 178 g/mol. The Hall–Kier alpha value is -1.04. The first-order valence-electron chi connectivity index (χ1n) is 5.04. The van der Waals surface area contributed by atoms with Crippen molar-refractivity contribution >= 4 is 5.97 Å². The molecule has 0 aliphatic heterocycles. The standard InChI is InChI=1S/C11H17NO2/c1-10(2,3)9(13)14-11(8-12)6-4-5-7-11/h4-7H2,1-3H3. The van der Waals surface area contributed by atoms with Gasteiger partial charge < -0.3 is 4.74 Å². The van der Waals surface area contributed by atoms with E-state index < -0.39 is 11.0 Å². The first-order chi connectivity index (χ1) is 6.40. The Kier molecular flexibility index (Phi) is 2.84. The van der Waals surface area contributed by atoms with Gasteiger partial charge in [-0.3, -0.25) is 4.79 Å². The lowest BCUT2D eigenvalue weighted by Crippen LogP contribution is -2.35. The maximum atomic E-state index is 11.6. The number of hydrogen-bond donors (Lipinski definition) is 0. The van der Waals surface area contributed by atoms with Crippen molar-refractivity contribution in [2.45, 2.75) is 52.1 Å². The van der Waals surface area contributed by atoms with Crippen molar-refractivity contribution in [1.29, 1.82) is 5.26 Å². The number of esters is 1. The zero-order chi connectivity index (χ0) is 10.8. The molecule has 0 bridgehead atoms. The Morgan fingerprint density at radius 1 is 1.36 bits per heavy atom. The van der Waals surface area contributed by atoms with Gasteiger partial charge in [0.15, 0.2) is 5.60 Å². The lowest BCUT2D eigenvalue weighted by molar-refractivity contribution is -0.163. The van der Waals surface area contributed by atoms with Gasteiger partial charge in [-0.25, -0.2) is 0 Å². The molecule has 1 saturated carbocycles. The first kappa shape index (κ1) is 11.0. The summed E-state index contributed by atoms with van der Waals surface area (Å²) in [7, 11) is 0. The fourth-order valence-corrected chi connectivity index (χ4v) is 1.51. The minimum atomic E-state index is -0.829. The van der Waals surface area contributed by atoms with Crippen molar-refractivity contribution in [2.24, 2.45) is 5.41 Å². The van der Waals surface area contributed by atoms with E-state index in [0.29, 0.717) is 12.8 Å². The van der Waals surface area contributed by atoms with Gasteiger partial charge >= 0.3 is 5.97 Å². The summed E-state index contributed by atoms with van der Waals surface area (Å²) in [5, 5.41) is 9.00. The molecule has 1 rings (SSSR count). The molecule has 0 saturated heterocycles. The maximum Gasteiger partial charge on any atom is 0.312 e. The molecular formula is C11H17NO2. The third-order valence-corrected chi connectivity index (χ3v) is 2.52. The van der Waals surface area contributed by atoms with Crippen LogP contribution in [0, 0.1) is 16.7 Å². The van der Waals surface area contributed by atoms with Crippen LogP contribution < -0.4 is 0 Å². The van der Waals surface area contributed by atoms with Crippen LogP contribution in [0.4, 0.5) is 0 Å². The molecule has 14 heavy (non-hydrogen) atoms. The predicted molar refractivity (Wildman–Crippen MR) is 52.4 cm³/mol. The second-order valence-electron chi connectivity index (χ2n) is 4.95. The van der Waals surface area contributed by atoms with Crippen LogP contribution in [0.5, 0.6) is 0 Å². The molecule has 1 aliphatic carbocycles. The molecule has 1 aliphatic rings. The van der Waals surface area contributed by atoms with Gasteiger partial charge in [0.05, 0.1) is 5.41 Å². The van der Waals surface area contributed by atoms with Gasteiger partial charge in [0.1, 0.15) is 6.07 Å². The lowest BCUT2D eigenvalue weighted by Gasteiger charge is -2.26. The number of hydrogen-bond acceptors (Lipinski definition) is 3. The molecule has 0 aromatic rings. The Bertz CT molecular complexity index is 264. The zero-order valence-electron chi connectivity index (χ0n) is 9.09. The highest BCUT2D eigenvalue weighted by Crippen LogP contribution is 2.34. The quantitative estimate of drug-likeness (QED) is 0.604. The van der Waals surface area contributed by atoms with E-state index in [2.05, 4.69) is 6.07 Å². The van der Waals surface area contributed by atoms with Crippen molar-refractivity contribution < 1.29 is 9.53 Å². The third kappa shape index (κ3) is 2.25. The Balaban J connectivity index is 2.67. The van der Waals surface area contributed by atoms with Crippen LogP contribution >= 0.6 is 0 Å². The molecule has 3 nitrogen and oxygen atoms in total. The topological polar surface area (TPSA) is 50.1 Å². The Morgan fingerprint density at radius 2 is 1.86 bits per heavy atom. The van der Waals surface area contributed by atoms with Crippen LogP contribution in [-0.2, 0) is 9.53 Å². The van der Waals surface area contributed by atoms with Crippen molar-refractivity contribution in [1.82, 2.24) is 0 Å². The molecule has 1 fully saturated rings. The van der Waals surface area contributed by atoms with E-state index in [9.17, 15) is 4.79 Å². The minimum absolute atomic E-state index is 0.277. The van der Waals surface area contributed by atoms with E-state index in [4.69, 9.17) is 10.00 Å². The summed E-state index contributed by atoms with van der Waals surface area (Å²) in [6.07, 6.45) is 3.33. The summed E-state index contributed by atoms with van der Waals surface area (Å²) < 4.78 is 5.31. The molecule has 0 aromatic carbocycles. The van der Waals surface area contributed by atoms with Crippen LogP contribution in [0.25, 0.3) is 0 Å². The summed E-state index contributed by atoms with van der Waals surface area (Å²) in [6, 6.07) is 2.14. The summed E-state index contributed by atoms with van der Waals surface area (Å²) in [4.78, 5) is 11.6. The molecule has 0 unspecified atom stereocenters. The average Bonchev–Trinajstić information content (AvgIpc) is 2.52. The number of nitrogens with zero attached hydrogens (tertiary/aromatic N) is 1. The van der Waals surface area contributed by atoms with Gasteiger partial charge in [-0.15, -0.1) is 0 Å². The number of nitriles is 1. The van der Waals surface area contributed by atoms with Gasteiger partial charge in [0.2, 0.25) is 0 Å². The van der Waals surface area contributed by atoms with Crippen molar-refractivity contribution in [3.63, 3.8) is 0 Å². The second-order valence-corrected chi connectivity index (χ2v) is 4.95. The second kappa shape index (κ2) is 3.61. The predicted octanol–water partition coefficient (Wildman–Crippen LogP) is 2.41. The van der Waals surface area contributed by atoms with E-state index in [0.717, 1.165) is 12.8 Å². The largest absolute Gasteiger partial charge is 0.443 e. The van der Waals surface area contributed by atoms with Crippen LogP contribution in [0.1, 0.15) is 46.5 Å². The van der Waals surface area contributed by atoms with Crippen LogP contribution in [0.2, 0.25) is 0 Å². The van der Waals surface area contributed by atoms with Crippen LogP contribution in [-0.4, -0.2) is 11.6 Å². The summed E-state index contributed by atoms with van der Waals surface area (Å²) >= 11 is 0. The molecule has 0 aromatic heterocycles. The normalized spacial score (nSPS) is 20.1. The fourth-order valence-electron chi connectivity index (χ4n) is 1.51. The molecule has 3 heteroatoms. The van der Waals surface area contributed by atoms with Gasteiger partial charge in [0, 0.05) is 12.8 Å². The summed E-state index contributed by atoms with van der Waals surface area (Å²) in [5.74, 6) is -0.277. The number of ether oxygens (including phenoxy) is 1. The molecule has 0 heterocycles. The van der Waals surface area contributed by atoms with E-state index in [1.54, 1.807) is 20.8 Å². The fraction of sp³-hybridized carbons (Fsp3) is 0.818. The van der Waals surface area contributed by atoms with Crippen molar-refractivity contribution in [3.05, 3.63) is 0 Å². The van der Waals surface area contributed by atoms with E-state index in [-0.39, 0.29) is 5.97 Å². The summed E-state index contributed by atoms with van der Waals surface area (Å²) in [5.41, 5.74) is -1.35. The van der Waals surface area contributed by atoms with Crippen molar-refractivity contribution in [2.75, 3.05) is 0 Å². The van der Waals surface area contributed by atoms with Gasteiger partial charge in [-0.2, -0.15) is 5.26 Å². The number of carbonyl (C=O) groups excluding carboxylic acids is 1. The van der Waals surface area contributed by atoms with Crippen LogP contribution in [0.15, 0.2) is 0 Å². The molecule has 78 valence electrons. The zero-order valence-corrected chi connectivity index (χ0v) is 9.09.